The Morgan fingerprint density at radius 3 is 2.52 bits per heavy atom. The summed E-state index contributed by atoms with van der Waals surface area (Å²) in [6.07, 6.45) is 3.60. The van der Waals surface area contributed by atoms with Crippen LogP contribution in [-0.2, 0) is 22.6 Å². The molecule has 4 heteroatoms. The monoisotopic (exact) mass is 328 g/mol. The number of nitrogens with zero attached hydrogens (tertiary/aromatic N) is 2. The van der Waals surface area contributed by atoms with E-state index in [1.807, 2.05) is 60.7 Å². The molecule has 25 heavy (non-hydrogen) atoms. The van der Waals surface area contributed by atoms with Gasteiger partial charge in [0.1, 0.15) is 0 Å². The van der Waals surface area contributed by atoms with Crippen LogP contribution in [0.15, 0.2) is 78.5 Å². The van der Waals surface area contributed by atoms with Crippen LogP contribution < -0.4 is 0 Å². The highest BCUT2D eigenvalue weighted by Crippen LogP contribution is 2.23. The summed E-state index contributed by atoms with van der Waals surface area (Å²) < 4.78 is 0. The molecule has 0 saturated heterocycles. The zero-order chi connectivity index (χ0) is 17.2. The molecule has 4 rings (SSSR count). The molecule has 0 aliphatic carbocycles. The second kappa shape index (κ2) is 6.32. The van der Waals surface area contributed by atoms with Gasteiger partial charge in [0.05, 0.1) is 12.1 Å². The van der Waals surface area contributed by atoms with Crippen LogP contribution in [0.3, 0.4) is 0 Å². The number of amides is 2. The second-order valence-electron chi connectivity index (χ2n) is 6.05. The fraction of sp³-hybridized carbons (Fsp3) is 0.0952. The largest absolute Gasteiger partial charge is 0.271 e. The van der Waals surface area contributed by atoms with Gasteiger partial charge in [-0.3, -0.25) is 19.5 Å². The van der Waals surface area contributed by atoms with Crippen LogP contribution in [-0.4, -0.2) is 21.7 Å². The number of pyridine rings is 1. The van der Waals surface area contributed by atoms with Gasteiger partial charge in [-0.05, 0) is 17.2 Å². The first-order valence-corrected chi connectivity index (χ1v) is 8.15. The normalized spacial score (nSPS) is 14.2. The van der Waals surface area contributed by atoms with Gasteiger partial charge < -0.3 is 0 Å². The van der Waals surface area contributed by atoms with E-state index in [1.165, 1.54) is 11.0 Å². The highest BCUT2D eigenvalue weighted by Gasteiger charge is 2.31. The van der Waals surface area contributed by atoms with Crippen LogP contribution in [0.2, 0.25) is 0 Å². The van der Waals surface area contributed by atoms with Gasteiger partial charge in [0, 0.05) is 29.7 Å². The minimum atomic E-state index is -0.253. The molecule has 0 atom stereocenters. The Bertz CT molecular complexity index is 988. The quantitative estimate of drug-likeness (QED) is 0.691. The smallest absolute Gasteiger partial charge is 0.257 e. The van der Waals surface area contributed by atoms with Crippen molar-refractivity contribution in [2.24, 2.45) is 0 Å². The van der Waals surface area contributed by atoms with Gasteiger partial charge in [-0.1, -0.05) is 54.6 Å². The van der Waals surface area contributed by atoms with Gasteiger partial charge in [-0.15, -0.1) is 0 Å². The summed E-state index contributed by atoms with van der Waals surface area (Å²) in [5.74, 6) is -0.473. The van der Waals surface area contributed by atoms with Crippen molar-refractivity contribution in [2.75, 3.05) is 0 Å². The van der Waals surface area contributed by atoms with Crippen molar-refractivity contribution in [3.63, 3.8) is 0 Å². The third-order valence-corrected chi connectivity index (χ3v) is 4.36. The fourth-order valence-corrected chi connectivity index (χ4v) is 3.12. The molecule has 3 aromatic rings. The maximum atomic E-state index is 12.7. The Labute approximate surface area is 145 Å². The minimum absolute atomic E-state index is 0.221. The van der Waals surface area contributed by atoms with Crippen LogP contribution in [0.5, 0.6) is 0 Å². The third kappa shape index (κ3) is 2.94. The zero-order valence-corrected chi connectivity index (χ0v) is 13.6. The van der Waals surface area contributed by atoms with E-state index in [0.717, 1.165) is 22.0 Å². The maximum Gasteiger partial charge on any atom is 0.257 e. The summed E-state index contributed by atoms with van der Waals surface area (Å²) in [5, 5.41) is 1.03. The van der Waals surface area contributed by atoms with E-state index >= 15 is 0 Å². The second-order valence-corrected chi connectivity index (χ2v) is 6.05. The number of imide groups is 1. The van der Waals surface area contributed by atoms with E-state index < -0.39 is 0 Å². The number of benzene rings is 2. The Hall–Kier alpha value is -3.27. The lowest BCUT2D eigenvalue weighted by Gasteiger charge is -2.15. The minimum Gasteiger partial charge on any atom is -0.271 e. The van der Waals surface area contributed by atoms with Gasteiger partial charge in [0.15, 0.2) is 0 Å². The Balaban J connectivity index is 1.58. The lowest BCUT2D eigenvalue weighted by molar-refractivity contribution is -0.137. The summed E-state index contributed by atoms with van der Waals surface area (Å²) in [5.41, 5.74) is 3.27. The number of aromatic nitrogens is 1. The molecule has 0 spiro atoms. The molecule has 1 aliphatic heterocycles. The molecule has 0 fully saturated rings. The van der Waals surface area contributed by atoms with Crippen molar-refractivity contribution >= 4 is 22.7 Å². The first-order valence-electron chi connectivity index (χ1n) is 8.15. The predicted molar refractivity (Wildman–Crippen MR) is 95.5 cm³/mol. The van der Waals surface area contributed by atoms with Crippen LogP contribution in [0.1, 0.15) is 11.1 Å². The first-order chi connectivity index (χ1) is 12.2. The van der Waals surface area contributed by atoms with E-state index in [4.69, 9.17) is 0 Å². The number of hydrogen-bond acceptors (Lipinski definition) is 3. The topological polar surface area (TPSA) is 50.3 Å². The lowest BCUT2D eigenvalue weighted by atomic mass is 10.0. The Kier molecular flexibility index (Phi) is 3.86. The van der Waals surface area contributed by atoms with Crippen LogP contribution >= 0.6 is 0 Å². The number of hydrogen-bond donors (Lipinski definition) is 0. The number of carbonyl (C=O) groups excluding carboxylic acids is 2. The molecule has 1 aliphatic rings. The number of para-hydroxylation sites is 1. The molecular weight excluding hydrogens is 312 g/mol. The molecule has 1 aromatic heterocycles. The molecule has 0 bridgehead atoms. The zero-order valence-electron chi connectivity index (χ0n) is 13.6. The van der Waals surface area contributed by atoms with Crippen molar-refractivity contribution in [3.8, 4) is 0 Å². The Morgan fingerprint density at radius 1 is 0.880 bits per heavy atom. The van der Waals surface area contributed by atoms with Gasteiger partial charge >= 0.3 is 0 Å². The SMILES string of the molecule is O=C1C=C(Cc2cccc3cccnc23)C(=O)N1Cc1ccccc1. The summed E-state index contributed by atoms with van der Waals surface area (Å²) in [6.45, 7) is 0.298. The van der Waals surface area contributed by atoms with Gasteiger partial charge in [-0.2, -0.15) is 0 Å². The molecule has 0 unspecified atom stereocenters. The summed E-state index contributed by atoms with van der Waals surface area (Å²) in [4.78, 5) is 30.7. The summed E-state index contributed by atoms with van der Waals surface area (Å²) >= 11 is 0. The first kappa shape index (κ1) is 15.3. The maximum absolute atomic E-state index is 12.7. The van der Waals surface area contributed by atoms with E-state index in [-0.39, 0.29) is 11.8 Å². The van der Waals surface area contributed by atoms with Crippen molar-refractivity contribution < 1.29 is 9.59 Å². The summed E-state index contributed by atoms with van der Waals surface area (Å²) in [6, 6.07) is 19.3. The van der Waals surface area contributed by atoms with Gasteiger partial charge in [0.2, 0.25) is 0 Å². The molecule has 0 saturated carbocycles. The fourth-order valence-electron chi connectivity index (χ4n) is 3.12. The van der Waals surface area contributed by atoms with E-state index in [9.17, 15) is 9.59 Å². The van der Waals surface area contributed by atoms with Crippen LogP contribution in [0.25, 0.3) is 10.9 Å². The predicted octanol–water partition coefficient (Wildman–Crippen LogP) is 3.27. The molecule has 2 aromatic carbocycles. The van der Waals surface area contributed by atoms with Crippen molar-refractivity contribution in [2.45, 2.75) is 13.0 Å². The molecule has 2 heterocycles. The van der Waals surface area contributed by atoms with Crippen molar-refractivity contribution in [3.05, 3.63) is 89.6 Å². The third-order valence-electron chi connectivity index (χ3n) is 4.36. The van der Waals surface area contributed by atoms with E-state index in [0.29, 0.717) is 18.5 Å². The summed E-state index contributed by atoms with van der Waals surface area (Å²) in [7, 11) is 0. The van der Waals surface area contributed by atoms with Crippen molar-refractivity contribution in [1.82, 2.24) is 9.88 Å². The molecule has 4 nitrogen and oxygen atoms in total. The van der Waals surface area contributed by atoms with Gasteiger partial charge in [0.25, 0.3) is 11.8 Å². The molecule has 0 N–H and O–H groups in total. The molecule has 122 valence electrons. The van der Waals surface area contributed by atoms with Crippen molar-refractivity contribution in [1.29, 1.82) is 0 Å². The van der Waals surface area contributed by atoms with Gasteiger partial charge in [-0.25, -0.2) is 0 Å². The van der Waals surface area contributed by atoms with E-state index in [2.05, 4.69) is 4.98 Å². The highest BCUT2D eigenvalue weighted by molar-refractivity contribution is 6.16. The molecule has 2 amide bonds. The standard InChI is InChI=1S/C21H16N2O2/c24-19-13-18(21(25)23(19)14-15-6-2-1-3-7-15)12-17-9-4-8-16-10-5-11-22-20(16)17/h1-11,13H,12,14H2. The van der Waals surface area contributed by atoms with Crippen LogP contribution in [0.4, 0.5) is 0 Å². The average Bonchev–Trinajstić information content (AvgIpc) is 2.90. The lowest BCUT2D eigenvalue weighted by Crippen LogP contribution is -2.30. The van der Waals surface area contributed by atoms with Crippen LogP contribution in [0, 0.1) is 0 Å². The average molecular weight is 328 g/mol. The molecular formula is C21H16N2O2. The number of carbonyl (C=O) groups is 2. The van der Waals surface area contributed by atoms with E-state index in [1.54, 1.807) is 6.20 Å². The molecule has 0 radical (unpaired) electrons. The number of rotatable bonds is 4. The number of fused-ring (bicyclic) bond motifs is 1. The Morgan fingerprint density at radius 2 is 1.68 bits per heavy atom. The highest BCUT2D eigenvalue weighted by atomic mass is 16.2.